The van der Waals surface area contributed by atoms with Crippen molar-refractivity contribution in [2.75, 3.05) is 13.2 Å². The van der Waals surface area contributed by atoms with Gasteiger partial charge in [0.2, 0.25) is 0 Å². The summed E-state index contributed by atoms with van der Waals surface area (Å²) in [5.41, 5.74) is -2.48. The number of benzene rings is 4. The molecule has 0 saturated heterocycles. The minimum Gasteiger partial charge on any atom is -0.478 e. The molecule has 0 unspecified atom stereocenters. The first-order valence-corrected chi connectivity index (χ1v) is 20.0. The Balaban J connectivity index is 1.09. The summed E-state index contributed by atoms with van der Waals surface area (Å²) in [6.45, 7) is -0.324. The van der Waals surface area contributed by atoms with Crippen LogP contribution in [-0.2, 0) is 22.3 Å². The van der Waals surface area contributed by atoms with Gasteiger partial charge in [-0.25, -0.2) is 19.2 Å². The Morgan fingerprint density at radius 3 is 1.12 bits per heavy atom. The second kappa shape index (κ2) is 18.7. The summed E-state index contributed by atoms with van der Waals surface area (Å²) >= 11 is 0. The molecule has 6 rings (SSSR count). The number of carboxylic acids is 2. The van der Waals surface area contributed by atoms with Gasteiger partial charge in [0.25, 0.3) is 0 Å². The fourth-order valence-corrected chi connectivity index (χ4v) is 7.84. The topological polar surface area (TPSA) is 219 Å². The van der Waals surface area contributed by atoms with E-state index in [0.29, 0.717) is 47.9 Å². The highest BCUT2D eigenvalue weighted by atomic mass is 16.5. The summed E-state index contributed by atoms with van der Waals surface area (Å²) in [5.74, 6) is -6.31. The molecule has 4 aromatic carbocycles. The van der Waals surface area contributed by atoms with Crippen LogP contribution in [-0.4, -0.2) is 86.1 Å². The molecule has 0 amide bonds. The zero-order valence-electron chi connectivity index (χ0n) is 32.9. The minimum absolute atomic E-state index is 0.133. The van der Waals surface area contributed by atoms with E-state index in [2.05, 4.69) is 0 Å². The monoisotopic (exact) mass is 818 g/mol. The summed E-state index contributed by atoms with van der Waals surface area (Å²) in [5, 5.41) is 41.2. The second-order valence-electron chi connectivity index (χ2n) is 15.5. The number of carbonyl (C=O) groups excluding carboxylic acids is 5. The van der Waals surface area contributed by atoms with Crippen molar-refractivity contribution < 1.29 is 63.5 Å². The molecule has 0 atom stereocenters. The van der Waals surface area contributed by atoms with Crippen molar-refractivity contribution in [2.45, 2.75) is 88.3 Å². The molecule has 0 radical (unpaired) electrons. The molecule has 2 fully saturated rings. The normalized spacial score (nSPS) is 15.6. The standard InChI is InChI=1S/C47H46O13/c48-39(33-15-17-35(42(51)52)37(27-33)44(55)59-25-19-29-7-11-31(12-8-29)40(49)46(57)21-3-1-4-22-46)34-16-18-36(43(53)54)38(28-34)45(56)60-26-20-30-9-13-32(14-10-30)41(50)47(58)23-5-2-6-24-47/h7-18,27-28,57-58H,1-6,19-26H2,(H,51,52)(H,53,54). The van der Waals surface area contributed by atoms with Gasteiger partial charge in [0, 0.05) is 35.1 Å². The van der Waals surface area contributed by atoms with E-state index in [4.69, 9.17) is 9.47 Å². The number of rotatable bonds is 16. The van der Waals surface area contributed by atoms with Crippen LogP contribution in [0.25, 0.3) is 0 Å². The molecule has 2 saturated carbocycles. The summed E-state index contributed by atoms with van der Waals surface area (Å²) in [4.78, 5) is 90.0. The third-order valence-electron chi connectivity index (χ3n) is 11.4. The van der Waals surface area contributed by atoms with Crippen molar-refractivity contribution in [3.05, 3.63) is 141 Å². The lowest BCUT2D eigenvalue weighted by molar-refractivity contribution is 0.0116. The van der Waals surface area contributed by atoms with E-state index in [1.54, 1.807) is 48.5 Å². The molecular formula is C47H46O13. The second-order valence-corrected chi connectivity index (χ2v) is 15.5. The van der Waals surface area contributed by atoms with Crippen LogP contribution in [0, 0.1) is 0 Å². The third-order valence-corrected chi connectivity index (χ3v) is 11.4. The first-order valence-electron chi connectivity index (χ1n) is 20.0. The van der Waals surface area contributed by atoms with Crippen LogP contribution in [0.3, 0.4) is 0 Å². The molecule has 4 N–H and O–H groups in total. The van der Waals surface area contributed by atoms with E-state index in [0.717, 1.165) is 62.8 Å². The van der Waals surface area contributed by atoms with Gasteiger partial charge in [-0.05, 0) is 61.1 Å². The SMILES string of the molecule is O=C(c1ccc(C(=O)O)c(C(=O)OCCc2ccc(C(=O)C3(O)CCCCC3)cc2)c1)c1ccc(C(=O)O)c(C(=O)OCCc2ccc(C(=O)C3(O)CCCCC3)cc2)c1. The van der Waals surface area contributed by atoms with Crippen LogP contribution in [0.1, 0.15) is 153 Å². The summed E-state index contributed by atoms with van der Waals surface area (Å²) in [6, 6.07) is 19.8. The first kappa shape index (κ1) is 43.3. The zero-order valence-corrected chi connectivity index (χ0v) is 32.9. The van der Waals surface area contributed by atoms with E-state index in [1.807, 2.05) is 0 Å². The summed E-state index contributed by atoms with van der Waals surface area (Å²) in [7, 11) is 0. The quantitative estimate of drug-likeness (QED) is 0.0671. The van der Waals surface area contributed by atoms with Crippen LogP contribution in [0.5, 0.6) is 0 Å². The van der Waals surface area contributed by atoms with Gasteiger partial charge in [0.15, 0.2) is 17.3 Å². The molecule has 0 aromatic heterocycles. The maximum Gasteiger partial charge on any atom is 0.339 e. The summed E-state index contributed by atoms with van der Waals surface area (Å²) < 4.78 is 10.8. The maximum absolute atomic E-state index is 13.7. The molecule has 0 heterocycles. The molecule has 0 aliphatic heterocycles. The van der Waals surface area contributed by atoms with Crippen LogP contribution in [0.4, 0.5) is 0 Å². The fourth-order valence-electron chi connectivity index (χ4n) is 7.84. The van der Waals surface area contributed by atoms with E-state index < -0.39 is 63.1 Å². The molecule has 13 nitrogen and oxygen atoms in total. The molecule has 13 heteroatoms. The molecule has 60 heavy (non-hydrogen) atoms. The number of hydrogen-bond acceptors (Lipinski definition) is 11. The van der Waals surface area contributed by atoms with Gasteiger partial charge in [0.05, 0.1) is 35.5 Å². The van der Waals surface area contributed by atoms with Gasteiger partial charge >= 0.3 is 23.9 Å². The lowest BCUT2D eigenvalue weighted by Crippen LogP contribution is -2.40. The molecule has 0 spiro atoms. The number of ether oxygens (including phenoxy) is 2. The van der Waals surface area contributed by atoms with Gasteiger partial charge in [-0.1, -0.05) is 99.2 Å². The Morgan fingerprint density at radius 2 is 0.783 bits per heavy atom. The van der Waals surface area contributed by atoms with Gasteiger partial charge in [-0.15, -0.1) is 0 Å². The fraction of sp³-hybridized carbons (Fsp3) is 0.340. The zero-order chi connectivity index (χ0) is 43.0. The number of Topliss-reactive ketones (excluding diaryl/α,β-unsaturated/α-hetero) is 2. The van der Waals surface area contributed by atoms with Crippen molar-refractivity contribution in [3.8, 4) is 0 Å². The van der Waals surface area contributed by atoms with Gasteiger partial charge in [0.1, 0.15) is 11.2 Å². The number of aromatic carboxylic acids is 2. The highest BCUT2D eigenvalue weighted by Crippen LogP contribution is 2.32. The number of aliphatic hydroxyl groups is 2. The predicted molar refractivity (Wildman–Crippen MR) is 216 cm³/mol. The van der Waals surface area contributed by atoms with Crippen LogP contribution >= 0.6 is 0 Å². The van der Waals surface area contributed by atoms with Gasteiger partial charge in [-0.2, -0.15) is 0 Å². The van der Waals surface area contributed by atoms with E-state index in [1.165, 1.54) is 12.1 Å². The van der Waals surface area contributed by atoms with E-state index in [-0.39, 0.29) is 48.7 Å². The number of esters is 2. The molecule has 2 aliphatic rings. The van der Waals surface area contributed by atoms with Crippen LogP contribution in [0.2, 0.25) is 0 Å². The van der Waals surface area contributed by atoms with Crippen molar-refractivity contribution in [1.82, 2.24) is 0 Å². The molecule has 0 bridgehead atoms. The Bertz CT molecular complexity index is 2130. The van der Waals surface area contributed by atoms with Crippen molar-refractivity contribution in [3.63, 3.8) is 0 Å². The lowest BCUT2D eigenvalue weighted by atomic mass is 9.79. The lowest BCUT2D eigenvalue weighted by Gasteiger charge is -2.30. The molecular weight excluding hydrogens is 773 g/mol. The smallest absolute Gasteiger partial charge is 0.339 e. The average molecular weight is 819 g/mol. The van der Waals surface area contributed by atoms with E-state index >= 15 is 0 Å². The highest BCUT2D eigenvalue weighted by molar-refractivity contribution is 6.13. The molecule has 312 valence electrons. The first-order chi connectivity index (χ1) is 28.7. The van der Waals surface area contributed by atoms with Crippen LogP contribution in [0.15, 0.2) is 84.9 Å². The third kappa shape index (κ3) is 9.92. The summed E-state index contributed by atoms with van der Waals surface area (Å²) in [6.07, 6.45) is 7.18. The highest BCUT2D eigenvalue weighted by Gasteiger charge is 2.38. The van der Waals surface area contributed by atoms with Crippen LogP contribution < -0.4 is 0 Å². The largest absolute Gasteiger partial charge is 0.478 e. The van der Waals surface area contributed by atoms with Crippen molar-refractivity contribution in [1.29, 1.82) is 0 Å². The average Bonchev–Trinajstić information content (AvgIpc) is 3.26. The number of carboxylic acid groups (broad SMARTS) is 2. The minimum atomic E-state index is -1.45. The van der Waals surface area contributed by atoms with Gasteiger partial charge < -0.3 is 29.9 Å². The Labute approximate surface area is 346 Å². The Kier molecular flexibility index (Phi) is 13.5. The predicted octanol–water partition coefficient (Wildman–Crippen LogP) is 6.87. The number of carbonyl (C=O) groups is 7. The molecule has 4 aromatic rings. The van der Waals surface area contributed by atoms with E-state index in [9.17, 15) is 54.0 Å². The maximum atomic E-state index is 13.7. The van der Waals surface area contributed by atoms with Gasteiger partial charge in [-0.3, -0.25) is 14.4 Å². The Morgan fingerprint density at radius 1 is 0.450 bits per heavy atom. The van der Waals surface area contributed by atoms with Crippen molar-refractivity contribution in [2.24, 2.45) is 0 Å². The number of ketones is 3. The molecule has 2 aliphatic carbocycles. The number of hydrogen-bond donors (Lipinski definition) is 4. The Hall–Kier alpha value is -6.31. The van der Waals surface area contributed by atoms with Crippen molar-refractivity contribution >= 4 is 41.2 Å².